The molecule has 2 aliphatic carbocycles. The van der Waals surface area contributed by atoms with E-state index < -0.39 is 0 Å². The zero-order valence-electron chi connectivity index (χ0n) is 12.5. The second-order valence-corrected chi connectivity index (χ2v) is 8.30. The monoisotopic (exact) mass is 301 g/mol. The van der Waals surface area contributed by atoms with E-state index in [1.807, 2.05) is 0 Å². The van der Waals surface area contributed by atoms with Crippen molar-refractivity contribution in [1.29, 1.82) is 0 Å². The van der Waals surface area contributed by atoms with Crippen molar-refractivity contribution in [2.45, 2.75) is 55.2 Å². The molecular weight excluding hydrogens is 278 g/mol. The highest BCUT2D eigenvalue weighted by Gasteiger charge is 2.42. The van der Waals surface area contributed by atoms with Gasteiger partial charge in [0, 0.05) is 10.9 Å². The third-order valence-electron chi connectivity index (χ3n) is 5.74. The molecule has 1 N–H and O–H groups in total. The van der Waals surface area contributed by atoms with E-state index in [1.165, 1.54) is 36.1 Å². The Kier molecular flexibility index (Phi) is 3.49. The molecule has 5 atom stereocenters. The van der Waals surface area contributed by atoms with Crippen molar-refractivity contribution in [3.63, 3.8) is 0 Å². The fourth-order valence-corrected chi connectivity index (χ4v) is 5.86. The molecule has 1 aromatic rings. The van der Waals surface area contributed by atoms with Crippen molar-refractivity contribution in [2.75, 3.05) is 0 Å². The molecule has 0 radical (unpaired) electrons. The minimum Gasteiger partial charge on any atom is -0.352 e. The average molecular weight is 301 g/mol. The molecule has 1 aromatic carbocycles. The molecule has 1 aliphatic heterocycles. The van der Waals surface area contributed by atoms with Crippen LogP contribution in [0.2, 0.25) is 0 Å². The van der Waals surface area contributed by atoms with E-state index in [-0.39, 0.29) is 11.2 Å². The van der Waals surface area contributed by atoms with E-state index in [0.717, 1.165) is 24.2 Å². The van der Waals surface area contributed by atoms with E-state index in [2.05, 4.69) is 36.5 Å². The lowest BCUT2D eigenvalue weighted by atomic mass is 9.84. The van der Waals surface area contributed by atoms with Gasteiger partial charge in [-0.3, -0.25) is 4.79 Å². The maximum absolute atomic E-state index is 12.6. The van der Waals surface area contributed by atoms with Gasteiger partial charge in [-0.25, -0.2) is 0 Å². The third kappa shape index (κ3) is 2.50. The molecule has 0 aromatic heterocycles. The Morgan fingerprint density at radius 3 is 2.86 bits per heavy atom. The maximum Gasteiger partial charge on any atom is 0.234 e. The van der Waals surface area contributed by atoms with Crippen molar-refractivity contribution in [1.82, 2.24) is 5.32 Å². The lowest BCUT2D eigenvalue weighted by Crippen LogP contribution is -2.43. The summed E-state index contributed by atoms with van der Waals surface area (Å²) in [6.07, 6.45) is 6.45. The predicted molar refractivity (Wildman–Crippen MR) is 86.3 cm³/mol. The third-order valence-corrected chi connectivity index (χ3v) is 7.06. The Labute approximate surface area is 131 Å². The van der Waals surface area contributed by atoms with Crippen molar-refractivity contribution in [3.05, 3.63) is 29.8 Å². The summed E-state index contributed by atoms with van der Waals surface area (Å²) < 4.78 is 0. The van der Waals surface area contributed by atoms with Gasteiger partial charge in [-0.1, -0.05) is 24.6 Å². The number of hydrogen-bond donors (Lipinski definition) is 1. The van der Waals surface area contributed by atoms with Crippen LogP contribution in [0.3, 0.4) is 0 Å². The van der Waals surface area contributed by atoms with Crippen molar-refractivity contribution in [3.8, 4) is 0 Å². The second-order valence-electron chi connectivity index (χ2n) is 7.05. The molecule has 1 heterocycles. The fourth-order valence-electron chi connectivity index (χ4n) is 4.66. The summed E-state index contributed by atoms with van der Waals surface area (Å²) in [6, 6.07) is 8.75. The van der Waals surface area contributed by atoms with Gasteiger partial charge < -0.3 is 5.32 Å². The van der Waals surface area contributed by atoms with Crippen LogP contribution < -0.4 is 5.32 Å². The average Bonchev–Trinajstić information content (AvgIpc) is 3.21. The molecule has 21 heavy (non-hydrogen) atoms. The minimum atomic E-state index is 0.0726. The lowest BCUT2D eigenvalue weighted by Gasteiger charge is -2.29. The van der Waals surface area contributed by atoms with E-state index in [9.17, 15) is 4.79 Å². The zero-order chi connectivity index (χ0) is 14.4. The summed E-state index contributed by atoms with van der Waals surface area (Å²) in [7, 11) is 0. The Morgan fingerprint density at radius 1 is 1.29 bits per heavy atom. The first-order chi connectivity index (χ1) is 10.2. The number of nitrogens with one attached hydrogen (secondary N) is 1. The topological polar surface area (TPSA) is 29.1 Å². The highest BCUT2D eigenvalue weighted by molar-refractivity contribution is 8.01. The van der Waals surface area contributed by atoms with Crippen molar-refractivity contribution >= 4 is 17.7 Å². The summed E-state index contributed by atoms with van der Waals surface area (Å²) in [5.74, 6) is 2.79. The fraction of sp³-hybridized carbons (Fsp3) is 0.611. The van der Waals surface area contributed by atoms with Gasteiger partial charge in [-0.05, 0) is 62.0 Å². The molecule has 0 spiro atoms. The molecule has 3 heteroatoms. The van der Waals surface area contributed by atoms with Crippen LogP contribution in [0.15, 0.2) is 29.2 Å². The van der Waals surface area contributed by atoms with Crippen LogP contribution in [-0.2, 0) is 11.2 Å². The van der Waals surface area contributed by atoms with Gasteiger partial charge in [-0.15, -0.1) is 11.8 Å². The number of hydrogen-bond acceptors (Lipinski definition) is 2. The second kappa shape index (κ2) is 5.35. The summed E-state index contributed by atoms with van der Waals surface area (Å²) in [4.78, 5) is 13.8. The van der Waals surface area contributed by atoms with E-state index in [1.54, 1.807) is 11.8 Å². The quantitative estimate of drug-likeness (QED) is 0.923. The van der Waals surface area contributed by atoms with Crippen LogP contribution in [0.5, 0.6) is 0 Å². The molecule has 2 nitrogen and oxygen atoms in total. The van der Waals surface area contributed by atoms with Crippen LogP contribution in [0, 0.1) is 17.8 Å². The molecule has 1 amide bonds. The largest absolute Gasteiger partial charge is 0.352 e. The van der Waals surface area contributed by atoms with Crippen LogP contribution >= 0.6 is 11.8 Å². The van der Waals surface area contributed by atoms with Gasteiger partial charge >= 0.3 is 0 Å². The van der Waals surface area contributed by atoms with Crippen molar-refractivity contribution < 1.29 is 4.79 Å². The summed E-state index contributed by atoms with van der Waals surface area (Å²) >= 11 is 1.73. The van der Waals surface area contributed by atoms with E-state index in [4.69, 9.17) is 0 Å². The Bertz CT molecular complexity index is 533. The number of fused-ring (bicyclic) bond motifs is 3. The molecule has 4 rings (SSSR count). The first kappa shape index (κ1) is 13.7. The van der Waals surface area contributed by atoms with E-state index in [0.29, 0.717) is 6.04 Å². The summed E-state index contributed by atoms with van der Waals surface area (Å²) in [6.45, 7) is 2.22. The van der Waals surface area contributed by atoms with Gasteiger partial charge in [0.25, 0.3) is 0 Å². The zero-order valence-corrected chi connectivity index (χ0v) is 13.4. The molecule has 2 bridgehead atoms. The van der Waals surface area contributed by atoms with E-state index >= 15 is 0 Å². The lowest BCUT2D eigenvalue weighted by molar-refractivity contribution is -0.121. The number of carbonyl (C=O) groups excluding carboxylic acids is 1. The number of thioether (sulfide) groups is 1. The highest BCUT2D eigenvalue weighted by Crippen LogP contribution is 2.49. The van der Waals surface area contributed by atoms with Crippen molar-refractivity contribution in [2.24, 2.45) is 17.8 Å². The molecule has 0 saturated heterocycles. The number of rotatable bonds is 3. The first-order valence-electron chi connectivity index (χ1n) is 8.25. The summed E-state index contributed by atoms with van der Waals surface area (Å²) in [5, 5.41) is 3.40. The normalized spacial score (nSPS) is 34.7. The SMILES string of the molecule is CC(NC(=O)C1Cc2ccccc2S1)C1CC2CCC1C2. The van der Waals surface area contributed by atoms with Gasteiger partial charge in [0.15, 0.2) is 0 Å². The Balaban J connectivity index is 1.36. The Morgan fingerprint density at radius 2 is 2.14 bits per heavy atom. The molecule has 2 fully saturated rings. The first-order valence-corrected chi connectivity index (χ1v) is 9.13. The smallest absolute Gasteiger partial charge is 0.234 e. The van der Waals surface area contributed by atoms with Gasteiger partial charge in [0.2, 0.25) is 5.91 Å². The minimum absolute atomic E-state index is 0.0726. The molecule has 2 saturated carbocycles. The number of benzene rings is 1. The van der Waals surface area contributed by atoms with Crippen LogP contribution in [0.1, 0.15) is 38.2 Å². The molecule has 3 aliphatic rings. The van der Waals surface area contributed by atoms with Gasteiger partial charge in [0.05, 0.1) is 5.25 Å². The molecule has 112 valence electrons. The molecule has 5 unspecified atom stereocenters. The van der Waals surface area contributed by atoms with Gasteiger partial charge in [-0.2, -0.15) is 0 Å². The maximum atomic E-state index is 12.6. The Hall–Kier alpha value is -0.960. The summed E-state index contributed by atoms with van der Waals surface area (Å²) in [5.41, 5.74) is 1.33. The van der Waals surface area contributed by atoms with Crippen LogP contribution in [-0.4, -0.2) is 17.2 Å². The van der Waals surface area contributed by atoms with Gasteiger partial charge in [0.1, 0.15) is 0 Å². The van der Waals surface area contributed by atoms with Crippen LogP contribution in [0.25, 0.3) is 0 Å². The number of amides is 1. The van der Waals surface area contributed by atoms with Crippen LogP contribution in [0.4, 0.5) is 0 Å². The highest BCUT2D eigenvalue weighted by atomic mass is 32.2. The molecular formula is C18H23NOS. The standard InChI is InChI=1S/C18H23NOS/c1-11(15-9-12-6-7-13(15)8-12)19-18(20)17-10-14-4-2-3-5-16(14)21-17/h2-5,11-13,15,17H,6-10H2,1H3,(H,19,20). The predicted octanol–water partition coefficient (Wildman–Crippen LogP) is 3.64. The number of carbonyl (C=O) groups is 1.